The van der Waals surface area contributed by atoms with Crippen LogP contribution >= 0.6 is 0 Å². The molecule has 6 heteroatoms. The maximum absolute atomic E-state index is 12.1. The standard InChI is InChI=1S/C17H22N2O4/c20-15-6-4-5-12-11-13(8-9-14(12)19-15)17(23)18-10-3-1-2-7-16(21)22/h8-9,11H,1-7,10H2,(H,18,23)(H,19,20)(H,21,22). The Kier molecular flexibility index (Phi) is 6.14. The van der Waals surface area contributed by atoms with Gasteiger partial charge in [0.2, 0.25) is 5.91 Å². The molecule has 0 radical (unpaired) electrons. The highest BCUT2D eigenvalue weighted by Crippen LogP contribution is 2.23. The van der Waals surface area contributed by atoms with Crippen LogP contribution in [0.1, 0.15) is 54.4 Å². The number of amides is 2. The number of carboxylic acids is 1. The number of carbonyl (C=O) groups is 3. The van der Waals surface area contributed by atoms with Gasteiger partial charge in [0.1, 0.15) is 0 Å². The van der Waals surface area contributed by atoms with E-state index in [0.717, 1.165) is 36.9 Å². The summed E-state index contributed by atoms with van der Waals surface area (Å²) in [5.74, 6) is -0.907. The van der Waals surface area contributed by atoms with Gasteiger partial charge < -0.3 is 15.7 Å². The van der Waals surface area contributed by atoms with Crippen LogP contribution in [-0.4, -0.2) is 29.4 Å². The third-order valence-corrected chi connectivity index (χ3v) is 3.84. The Morgan fingerprint density at radius 3 is 2.78 bits per heavy atom. The van der Waals surface area contributed by atoms with Crippen molar-refractivity contribution in [1.82, 2.24) is 5.32 Å². The fourth-order valence-corrected chi connectivity index (χ4v) is 2.60. The van der Waals surface area contributed by atoms with Crippen LogP contribution in [0, 0.1) is 0 Å². The molecule has 23 heavy (non-hydrogen) atoms. The molecule has 0 saturated heterocycles. The average molecular weight is 318 g/mol. The number of carbonyl (C=O) groups excluding carboxylic acids is 2. The molecule has 0 spiro atoms. The highest BCUT2D eigenvalue weighted by Gasteiger charge is 2.14. The summed E-state index contributed by atoms with van der Waals surface area (Å²) in [6, 6.07) is 5.32. The number of unbranched alkanes of at least 4 members (excludes halogenated alkanes) is 2. The molecule has 1 aromatic carbocycles. The van der Waals surface area contributed by atoms with E-state index in [1.165, 1.54) is 0 Å². The molecule has 1 aliphatic heterocycles. The second-order valence-corrected chi connectivity index (χ2v) is 5.73. The highest BCUT2D eigenvalue weighted by atomic mass is 16.4. The number of rotatable bonds is 7. The van der Waals surface area contributed by atoms with Gasteiger partial charge in [-0.05, 0) is 49.4 Å². The lowest BCUT2D eigenvalue weighted by Gasteiger charge is -2.10. The average Bonchev–Trinajstić information content (AvgIpc) is 2.70. The number of hydrogen-bond donors (Lipinski definition) is 3. The van der Waals surface area contributed by atoms with Gasteiger partial charge in [-0.2, -0.15) is 0 Å². The van der Waals surface area contributed by atoms with E-state index in [2.05, 4.69) is 10.6 Å². The van der Waals surface area contributed by atoms with Crippen LogP contribution in [0.4, 0.5) is 5.69 Å². The molecule has 0 aromatic heterocycles. The van der Waals surface area contributed by atoms with Gasteiger partial charge in [-0.25, -0.2) is 0 Å². The SMILES string of the molecule is O=C(O)CCCCCNC(=O)c1ccc2c(c1)CCCC(=O)N2. The third-order valence-electron chi connectivity index (χ3n) is 3.84. The molecule has 3 N–H and O–H groups in total. The molecule has 2 rings (SSSR count). The minimum absolute atomic E-state index is 0.0160. The van der Waals surface area contributed by atoms with Gasteiger partial charge in [0, 0.05) is 30.6 Å². The van der Waals surface area contributed by atoms with Crippen molar-refractivity contribution >= 4 is 23.5 Å². The number of fused-ring (bicyclic) bond motifs is 1. The van der Waals surface area contributed by atoms with Gasteiger partial charge in [-0.15, -0.1) is 0 Å². The number of carboxylic acid groups (broad SMARTS) is 1. The summed E-state index contributed by atoms with van der Waals surface area (Å²) in [7, 11) is 0. The van der Waals surface area contributed by atoms with Gasteiger partial charge in [0.15, 0.2) is 0 Å². The molecule has 1 aliphatic rings. The number of anilines is 1. The van der Waals surface area contributed by atoms with Crippen LogP contribution in [-0.2, 0) is 16.0 Å². The predicted molar refractivity (Wildman–Crippen MR) is 86.4 cm³/mol. The fourth-order valence-electron chi connectivity index (χ4n) is 2.60. The van der Waals surface area contributed by atoms with Crippen LogP contribution < -0.4 is 10.6 Å². The van der Waals surface area contributed by atoms with Crippen LogP contribution in [0.25, 0.3) is 0 Å². The summed E-state index contributed by atoms with van der Waals surface area (Å²) in [6.45, 7) is 0.534. The Bertz CT molecular complexity index is 598. The summed E-state index contributed by atoms with van der Waals surface area (Å²) in [5, 5.41) is 14.2. The van der Waals surface area contributed by atoms with Crippen LogP contribution in [0.5, 0.6) is 0 Å². The first-order chi connectivity index (χ1) is 11.1. The minimum Gasteiger partial charge on any atom is -0.481 e. The molecule has 1 heterocycles. The molecule has 0 atom stereocenters. The third kappa shape index (κ3) is 5.39. The van der Waals surface area contributed by atoms with E-state index in [9.17, 15) is 14.4 Å². The van der Waals surface area contributed by atoms with Crippen LogP contribution in [0.3, 0.4) is 0 Å². The van der Waals surface area contributed by atoms with Crippen molar-refractivity contribution in [3.63, 3.8) is 0 Å². The number of benzene rings is 1. The molecule has 0 fully saturated rings. The summed E-state index contributed by atoms with van der Waals surface area (Å²) < 4.78 is 0. The Labute approximate surface area is 135 Å². The first-order valence-electron chi connectivity index (χ1n) is 7.99. The van der Waals surface area contributed by atoms with E-state index in [1.807, 2.05) is 6.07 Å². The Balaban J connectivity index is 1.82. The van der Waals surface area contributed by atoms with Crippen LogP contribution in [0.2, 0.25) is 0 Å². The van der Waals surface area contributed by atoms with Gasteiger partial charge in [0.25, 0.3) is 5.91 Å². The molecule has 124 valence electrons. The Morgan fingerprint density at radius 2 is 2.00 bits per heavy atom. The van der Waals surface area contributed by atoms with Crippen LogP contribution in [0.15, 0.2) is 18.2 Å². The molecule has 0 aliphatic carbocycles. The smallest absolute Gasteiger partial charge is 0.303 e. The maximum Gasteiger partial charge on any atom is 0.303 e. The van der Waals surface area contributed by atoms with Crippen molar-refractivity contribution in [3.8, 4) is 0 Å². The predicted octanol–water partition coefficient (Wildman–Crippen LogP) is 2.34. The van der Waals surface area contributed by atoms with Crippen molar-refractivity contribution in [2.24, 2.45) is 0 Å². The molecule has 6 nitrogen and oxygen atoms in total. The quantitative estimate of drug-likeness (QED) is 0.672. The monoisotopic (exact) mass is 318 g/mol. The van der Waals surface area contributed by atoms with E-state index in [1.54, 1.807) is 12.1 Å². The minimum atomic E-state index is -0.786. The lowest BCUT2D eigenvalue weighted by molar-refractivity contribution is -0.137. The van der Waals surface area contributed by atoms with Gasteiger partial charge in [0.05, 0.1) is 0 Å². The summed E-state index contributed by atoms with van der Waals surface area (Å²) >= 11 is 0. The van der Waals surface area contributed by atoms with E-state index in [0.29, 0.717) is 24.9 Å². The van der Waals surface area contributed by atoms with Crippen molar-refractivity contribution < 1.29 is 19.5 Å². The van der Waals surface area contributed by atoms with E-state index in [4.69, 9.17) is 5.11 Å². The summed E-state index contributed by atoms with van der Waals surface area (Å²) in [6.07, 6.45) is 4.42. The van der Waals surface area contributed by atoms with Crippen molar-refractivity contribution in [2.45, 2.75) is 44.9 Å². The molecule has 1 aromatic rings. The van der Waals surface area contributed by atoms with Gasteiger partial charge in [-0.1, -0.05) is 6.42 Å². The van der Waals surface area contributed by atoms with Gasteiger partial charge in [-0.3, -0.25) is 14.4 Å². The largest absolute Gasteiger partial charge is 0.481 e. The number of nitrogens with one attached hydrogen (secondary N) is 2. The first kappa shape index (κ1) is 17.0. The Hall–Kier alpha value is -2.37. The van der Waals surface area contributed by atoms with Crippen molar-refractivity contribution in [3.05, 3.63) is 29.3 Å². The van der Waals surface area contributed by atoms with Crippen molar-refractivity contribution in [2.75, 3.05) is 11.9 Å². The number of hydrogen-bond acceptors (Lipinski definition) is 3. The number of aliphatic carboxylic acids is 1. The summed E-state index contributed by atoms with van der Waals surface area (Å²) in [5.41, 5.74) is 2.37. The normalized spacial score (nSPS) is 13.7. The zero-order valence-corrected chi connectivity index (χ0v) is 13.1. The topological polar surface area (TPSA) is 95.5 Å². The first-order valence-corrected chi connectivity index (χ1v) is 7.99. The zero-order chi connectivity index (χ0) is 16.7. The molecular formula is C17H22N2O4. The summed E-state index contributed by atoms with van der Waals surface area (Å²) in [4.78, 5) is 34.0. The molecule has 0 unspecified atom stereocenters. The molecule has 0 bridgehead atoms. The second-order valence-electron chi connectivity index (χ2n) is 5.73. The zero-order valence-electron chi connectivity index (χ0n) is 13.1. The lowest BCUT2D eigenvalue weighted by Crippen LogP contribution is -2.24. The van der Waals surface area contributed by atoms with Gasteiger partial charge >= 0.3 is 5.97 Å². The lowest BCUT2D eigenvalue weighted by atomic mass is 10.0. The molecule has 0 saturated carbocycles. The number of aryl methyl sites for hydroxylation is 1. The Morgan fingerprint density at radius 1 is 1.17 bits per heavy atom. The second kappa shape index (κ2) is 8.31. The van der Waals surface area contributed by atoms with E-state index >= 15 is 0 Å². The molecular weight excluding hydrogens is 296 g/mol. The van der Waals surface area contributed by atoms with Crippen molar-refractivity contribution in [1.29, 1.82) is 0 Å². The highest BCUT2D eigenvalue weighted by molar-refractivity contribution is 5.97. The fraction of sp³-hybridized carbons (Fsp3) is 0.471. The maximum atomic E-state index is 12.1. The van der Waals surface area contributed by atoms with E-state index in [-0.39, 0.29) is 18.2 Å². The van der Waals surface area contributed by atoms with E-state index < -0.39 is 5.97 Å². The molecule has 2 amide bonds.